The number of benzene rings is 4. The van der Waals surface area contributed by atoms with Gasteiger partial charge < -0.3 is 0 Å². The monoisotopic (exact) mass is 532 g/mol. The van der Waals surface area contributed by atoms with E-state index in [0.29, 0.717) is 0 Å². The van der Waals surface area contributed by atoms with Crippen LogP contribution < -0.4 is 0 Å². The van der Waals surface area contributed by atoms with E-state index >= 15 is 0 Å². The maximum atomic E-state index is 2.31. The van der Waals surface area contributed by atoms with Gasteiger partial charge >= 0.3 is 0 Å². The molecule has 0 N–H and O–H groups in total. The second-order valence-corrected chi connectivity index (χ2v) is 12.6. The summed E-state index contributed by atoms with van der Waals surface area (Å²) in [4.78, 5) is 0. The quantitative estimate of drug-likeness (QED) is 0.0884. The zero-order chi connectivity index (χ0) is 25.6. The molecule has 0 aliphatic carbocycles. The van der Waals surface area contributed by atoms with Crippen LogP contribution in [0, 0.1) is 0 Å². The largest absolute Gasteiger partial charge is 0.239 e. The third-order valence-electron chi connectivity index (χ3n) is 7.89. The molecular formula is C36H36S2+2. The van der Waals surface area contributed by atoms with Gasteiger partial charge in [-0.3, -0.25) is 0 Å². The van der Waals surface area contributed by atoms with Crippen LogP contribution in [0.5, 0.6) is 0 Å². The van der Waals surface area contributed by atoms with E-state index in [0.717, 1.165) is 0 Å². The lowest BCUT2D eigenvalue weighted by atomic mass is 9.98. The summed E-state index contributed by atoms with van der Waals surface area (Å²) in [5, 5.41) is 5.82. The molecule has 0 aliphatic rings. The average Bonchev–Trinajstić information content (AvgIpc) is 2.97. The first-order valence-corrected chi connectivity index (χ1v) is 16.0. The molecule has 0 fully saturated rings. The van der Waals surface area contributed by atoms with Crippen molar-refractivity contribution in [1.29, 1.82) is 0 Å². The van der Waals surface area contributed by atoms with E-state index in [-0.39, 0.29) is 0 Å². The summed E-state index contributed by atoms with van der Waals surface area (Å²) in [6, 6.07) is 35.8. The third kappa shape index (κ3) is 5.58. The Labute approximate surface area is 234 Å². The van der Waals surface area contributed by atoms with Crippen LogP contribution in [0.3, 0.4) is 0 Å². The molecule has 0 saturated heterocycles. The van der Waals surface area contributed by atoms with Crippen LogP contribution in [0.2, 0.25) is 0 Å². The first-order chi connectivity index (χ1) is 18.9. The van der Waals surface area contributed by atoms with Crippen molar-refractivity contribution in [2.45, 2.75) is 64.2 Å². The van der Waals surface area contributed by atoms with Crippen molar-refractivity contribution < 1.29 is 0 Å². The molecule has 0 atom stereocenters. The second-order valence-electron chi connectivity index (χ2n) is 10.5. The minimum absolute atomic E-state index is 1.19. The fourth-order valence-corrected chi connectivity index (χ4v) is 8.21. The zero-order valence-corrected chi connectivity index (χ0v) is 23.8. The van der Waals surface area contributed by atoms with E-state index in [9.17, 15) is 0 Å². The van der Waals surface area contributed by atoms with Gasteiger partial charge in [0.15, 0.2) is 0 Å². The fraction of sp³-hybridized carbons (Fsp3) is 0.278. The summed E-state index contributed by atoms with van der Waals surface area (Å²) in [6.45, 7) is 0. The number of aryl methyl sites for hydroxylation is 2. The minimum Gasteiger partial charge on any atom is -0.0613 e. The van der Waals surface area contributed by atoms with Crippen LogP contribution >= 0.6 is 22.7 Å². The molecule has 0 radical (unpaired) electrons. The Morgan fingerprint density at radius 3 is 0.895 bits per heavy atom. The molecule has 0 saturated carbocycles. The van der Waals surface area contributed by atoms with Gasteiger partial charge in [0.05, 0.1) is 0 Å². The van der Waals surface area contributed by atoms with Gasteiger partial charge in [-0.15, -0.1) is 0 Å². The van der Waals surface area contributed by atoms with E-state index in [2.05, 4.69) is 97.1 Å². The average molecular weight is 533 g/mol. The van der Waals surface area contributed by atoms with Crippen LogP contribution in [-0.2, 0) is 12.8 Å². The summed E-state index contributed by atoms with van der Waals surface area (Å²) in [6.07, 6.45) is 13.1. The number of unbranched alkanes of at least 4 members (excludes halogenated alkanes) is 7. The third-order valence-corrected chi connectivity index (χ3v) is 10.2. The van der Waals surface area contributed by atoms with Gasteiger partial charge in [0.25, 0.3) is 0 Å². The molecule has 0 bridgehead atoms. The predicted molar refractivity (Wildman–Crippen MR) is 172 cm³/mol. The molecule has 2 aromatic heterocycles. The lowest BCUT2D eigenvalue weighted by Gasteiger charge is -2.07. The summed E-state index contributed by atoms with van der Waals surface area (Å²) >= 11 is 3.84. The van der Waals surface area contributed by atoms with Crippen molar-refractivity contribution in [3.63, 3.8) is 0 Å². The Morgan fingerprint density at radius 2 is 0.579 bits per heavy atom. The van der Waals surface area contributed by atoms with Crippen LogP contribution in [0.1, 0.15) is 62.5 Å². The highest BCUT2D eigenvalue weighted by Gasteiger charge is 2.17. The van der Waals surface area contributed by atoms with Crippen molar-refractivity contribution in [2.75, 3.05) is 0 Å². The highest BCUT2D eigenvalue weighted by molar-refractivity contribution is 7.25. The van der Waals surface area contributed by atoms with Gasteiger partial charge in [-0.1, -0.05) is 87.1 Å². The number of fused-ring (bicyclic) bond motifs is 4. The Bertz CT molecular complexity index is 1450. The summed E-state index contributed by atoms with van der Waals surface area (Å²) in [5.41, 5.74) is 3.11. The molecule has 2 heterocycles. The van der Waals surface area contributed by atoms with E-state index in [1.54, 1.807) is 11.1 Å². The van der Waals surface area contributed by atoms with E-state index < -0.39 is 0 Å². The number of hydrogen-bond donors (Lipinski definition) is 0. The van der Waals surface area contributed by atoms with Gasteiger partial charge in [-0.25, -0.2) is 0 Å². The Balaban J connectivity index is 0.964. The number of rotatable bonds is 11. The van der Waals surface area contributed by atoms with E-state index in [1.807, 2.05) is 22.7 Å². The van der Waals surface area contributed by atoms with E-state index in [1.165, 1.54) is 105 Å². The van der Waals surface area contributed by atoms with Crippen LogP contribution in [0.25, 0.3) is 40.3 Å². The summed E-state index contributed by atoms with van der Waals surface area (Å²) in [7, 11) is 0. The smallest absolute Gasteiger partial charge is 0.0613 e. The molecule has 6 aromatic rings. The van der Waals surface area contributed by atoms with Crippen molar-refractivity contribution in [2.24, 2.45) is 0 Å². The van der Waals surface area contributed by atoms with Crippen LogP contribution in [-0.4, -0.2) is 0 Å². The second kappa shape index (κ2) is 12.3. The van der Waals surface area contributed by atoms with Crippen molar-refractivity contribution >= 4 is 63.0 Å². The molecule has 6 rings (SSSR count). The molecular weight excluding hydrogens is 497 g/mol. The SMILES string of the molecule is c1ccc2c(CCCCCCCCCCc3c4ccccc4[s+]c4ccccc34)c3ccccc3[s+]c2c1. The first-order valence-electron chi connectivity index (χ1n) is 14.3. The van der Waals surface area contributed by atoms with Crippen molar-refractivity contribution in [3.8, 4) is 0 Å². The molecule has 4 aromatic carbocycles. The molecule has 0 unspecified atom stereocenters. The maximum absolute atomic E-state index is 2.31. The van der Waals surface area contributed by atoms with Crippen molar-refractivity contribution in [3.05, 3.63) is 108 Å². The summed E-state index contributed by atoms with van der Waals surface area (Å²) < 4.78 is 5.66. The van der Waals surface area contributed by atoms with Gasteiger partial charge in [-0.05, 0) is 61.1 Å². The fourth-order valence-electron chi connectivity index (χ4n) is 5.95. The predicted octanol–water partition coefficient (Wildman–Crippen LogP) is 11.9. The minimum atomic E-state index is 1.19. The lowest BCUT2D eigenvalue weighted by Crippen LogP contribution is -1.91. The zero-order valence-electron chi connectivity index (χ0n) is 22.1. The first kappa shape index (κ1) is 25.3. The van der Waals surface area contributed by atoms with Crippen LogP contribution in [0.15, 0.2) is 97.1 Å². The Kier molecular flexibility index (Phi) is 8.19. The van der Waals surface area contributed by atoms with Gasteiger partial charge in [0.1, 0.15) is 0 Å². The van der Waals surface area contributed by atoms with E-state index in [4.69, 9.17) is 0 Å². The van der Waals surface area contributed by atoms with Gasteiger partial charge in [0, 0.05) is 45.8 Å². The van der Waals surface area contributed by atoms with Gasteiger partial charge in [0.2, 0.25) is 41.5 Å². The van der Waals surface area contributed by atoms with Crippen molar-refractivity contribution in [1.82, 2.24) is 0 Å². The molecule has 0 aliphatic heterocycles. The molecule has 0 nitrogen and oxygen atoms in total. The standard InChI is InChI=1S/C36H36S2/c1(3-5-7-17-27-29-19-9-13-23-33(29)37-34-24-14-10-20-30(27)34)2-4-6-8-18-28-31-21-11-15-25-35(31)38-36-26-16-12-22-32(28)36/h9-16,19-26H,1-8,17-18H2/q+2. The van der Waals surface area contributed by atoms with Crippen LogP contribution in [0.4, 0.5) is 0 Å². The topological polar surface area (TPSA) is 0 Å². The molecule has 190 valence electrons. The highest BCUT2D eigenvalue weighted by Crippen LogP contribution is 2.35. The molecule has 0 amide bonds. The molecule has 0 spiro atoms. The maximum Gasteiger partial charge on any atom is 0.239 e. The molecule has 38 heavy (non-hydrogen) atoms. The Hall–Kier alpha value is -2.94. The highest BCUT2D eigenvalue weighted by atomic mass is 32.1. The Morgan fingerprint density at radius 1 is 0.316 bits per heavy atom. The normalized spacial score (nSPS) is 11.7. The molecule has 2 heteroatoms. The van der Waals surface area contributed by atoms with Gasteiger partial charge in [-0.2, -0.15) is 0 Å². The lowest BCUT2D eigenvalue weighted by molar-refractivity contribution is 0.569. The number of hydrogen-bond acceptors (Lipinski definition) is 0. The summed E-state index contributed by atoms with van der Waals surface area (Å²) in [5.74, 6) is 0.